The van der Waals surface area contributed by atoms with Gasteiger partial charge < -0.3 is 4.74 Å². The van der Waals surface area contributed by atoms with E-state index in [2.05, 4.69) is 4.99 Å². The maximum Gasteiger partial charge on any atom is 0.299 e. The molecule has 0 bridgehead atoms. The molecule has 90 valence electrons. The topological polar surface area (TPSA) is 41.9 Å². The van der Waals surface area contributed by atoms with Crippen molar-refractivity contribution in [3.63, 3.8) is 0 Å². The van der Waals surface area contributed by atoms with E-state index < -0.39 is 0 Å². The molecule has 0 saturated carbocycles. The Kier molecular flexibility index (Phi) is 3.42. The van der Waals surface area contributed by atoms with Gasteiger partial charge in [0.25, 0.3) is 11.9 Å². The molecule has 0 radical (unpaired) electrons. The Labute approximate surface area is 101 Å². The van der Waals surface area contributed by atoms with E-state index in [4.69, 9.17) is 4.74 Å². The summed E-state index contributed by atoms with van der Waals surface area (Å²) in [4.78, 5) is 17.7. The molecule has 0 atom stereocenters. The number of anilines is 1. The number of carbonyl (C=O) groups is 1. The molecular weight excluding hydrogens is 216 g/mol. The van der Waals surface area contributed by atoms with Gasteiger partial charge in [-0.15, -0.1) is 0 Å². The molecule has 0 aliphatic carbocycles. The third-order valence-corrected chi connectivity index (χ3v) is 2.59. The van der Waals surface area contributed by atoms with Crippen molar-refractivity contribution in [3.05, 3.63) is 29.8 Å². The predicted octanol–water partition coefficient (Wildman–Crippen LogP) is 2.12. The van der Waals surface area contributed by atoms with Crippen molar-refractivity contribution >= 4 is 17.6 Å². The lowest BCUT2D eigenvalue weighted by molar-refractivity contribution is -0.117. The molecule has 1 aromatic rings. The number of aryl methyl sites for hydroxylation is 1. The molecule has 1 aromatic carbocycles. The van der Waals surface area contributed by atoms with Crippen LogP contribution in [0.2, 0.25) is 0 Å². The van der Waals surface area contributed by atoms with Crippen molar-refractivity contribution < 1.29 is 9.53 Å². The first-order valence-electron chi connectivity index (χ1n) is 5.80. The van der Waals surface area contributed by atoms with E-state index in [1.165, 1.54) is 0 Å². The summed E-state index contributed by atoms with van der Waals surface area (Å²) in [6.07, 6.45) is 0.933. The number of amides is 1. The average molecular weight is 232 g/mol. The zero-order valence-corrected chi connectivity index (χ0v) is 10.1. The van der Waals surface area contributed by atoms with Gasteiger partial charge in [-0.05, 0) is 25.0 Å². The number of hydrogen-bond acceptors (Lipinski definition) is 3. The molecule has 0 N–H and O–H groups in total. The summed E-state index contributed by atoms with van der Waals surface area (Å²) in [5.41, 5.74) is 1.89. The zero-order chi connectivity index (χ0) is 12.3. The fourth-order valence-corrected chi connectivity index (χ4v) is 1.74. The lowest BCUT2D eigenvalue weighted by Gasteiger charge is -2.16. The molecule has 1 aliphatic heterocycles. The Morgan fingerprint density at radius 2 is 2.18 bits per heavy atom. The van der Waals surface area contributed by atoms with Crippen molar-refractivity contribution in [2.24, 2.45) is 4.99 Å². The van der Waals surface area contributed by atoms with Crippen molar-refractivity contribution in [1.29, 1.82) is 0 Å². The van der Waals surface area contributed by atoms with Gasteiger partial charge in [-0.1, -0.05) is 25.1 Å². The number of ether oxygens (including phenoxy) is 1. The molecule has 2 rings (SSSR count). The number of carbonyl (C=O) groups excluding carboxylic acids is 1. The molecule has 0 spiro atoms. The van der Waals surface area contributed by atoms with Gasteiger partial charge in [-0.2, -0.15) is 0 Å². The van der Waals surface area contributed by atoms with Gasteiger partial charge in [0, 0.05) is 6.54 Å². The highest BCUT2D eigenvalue weighted by molar-refractivity contribution is 6.18. The number of hydrogen-bond donors (Lipinski definition) is 0. The maximum atomic E-state index is 11.8. The summed E-state index contributed by atoms with van der Waals surface area (Å²) >= 11 is 0. The van der Waals surface area contributed by atoms with Gasteiger partial charge in [0.05, 0.1) is 5.69 Å². The molecule has 1 amide bonds. The second-order valence-corrected chi connectivity index (χ2v) is 3.97. The van der Waals surface area contributed by atoms with Crippen LogP contribution in [-0.4, -0.2) is 25.1 Å². The van der Waals surface area contributed by atoms with Crippen LogP contribution < -0.4 is 4.90 Å². The van der Waals surface area contributed by atoms with Crippen molar-refractivity contribution in [2.45, 2.75) is 20.3 Å². The molecule has 0 aromatic heterocycles. The second-order valence-electron chi connectivity index (χ2n) is 3.97. The van der Waals surface area contributed by atoms with Crippen molar-refractivity contribution in [2.75, 3.05) is 18.1 Å². The monoisotopic (exact) mass is 232 g/mol. The summed E-state index contributed by atoms with van der Waals surface area (Å²) in [6.45, 7) is 4.76. The SMILES string of the molecule is CCC/N=C1\OCC(=O)N1c1ccccc1C. The van der Waals surface area contributed by atoms with Crippen molar-refractivity contribution in [3.8, 4) is 0 Å². The van der Waals surface area contributed by atoms with Crippen molar-refractivity contribution in [1.82, 2.24) is 0 Å². The molecular formula is C13H16N2O2. The predicted molar refractivity (Wildman–Crippen MR) is 67.2 cm³/mol. The fraction of sp³-hybridized carbons (Fsp3) is 0.385. The maximum absolute atomic E-state index is 11.8. The first kappa shape index (κ1) is 11.6. The Hall–Kier alpha value is -1.84. The first-order chi connectivity index (χ1) is 8.24. The van der Waals surface area contributed by atoms with Crippen LogP contribution in [0.5, 0.6) is 0 Å². The summed E-state index contributed by atoms with van der Waals surface area (Å²) in [5.74, 6) is -0.0610. The highest BCUT2D eigenvalue weighted by Gasteiger charge is 2.31. The minimum atomic E-state index is -0.0610. The Morgan fingerprint density at radius 3 is 2.88 bits per heavy atom. The number of benzene rings is 1. The third kappa shape index (κ3) is 2.30. The zero-order valence-electron chi connectivity index (χ0n) is 10.1. The van der Waals surface area contributed by atoms with Crippen LogP contribution in [0.3, 0.4) is 0 Å². The van der Waals surface area contributed by atoms with Gasteiger partial charge in [-0.3, -0.25) is 4.79 Å². The van der Waals surface area contributed by atoms with Crippen LogP contribution in [0.1, 0.15) is 18.9 Å². The van der Waals surface area contributed by atoms with E-state index >= 15 is 0 Å². The lowest BCUT2D eigenvalue weighted by Crippen LogP contribution is -2.30. The minimum absolute atomic E-state index is 0.0610. The fourth-order valence-electron chi connectivity index (χ4n) is 1.74. The van der Waals surface area contributed by atoms with Gasteiger partial charge in [0.15, 0.2) is 6.61 Å². The molecule has 1 aliphatic rings. The van der Waals surface area contributed by atoms with Crippen LogP contribution in [0.4, 0.5) is 5.69 Å². The lowest BCUT2D eigenvalue weighted by atomic mass is 10.2. The van der Waals surface area contributed by atoms with E-state index in [1.807, 2.05) is 38.1 Å². The quantitative estimate of drug-likeness (QED) is 0.801. The number of amidine groups is 1. The van der Waals surface area contributed by atoms with Crippen LogP contribution in [-0.2, 0) is 9.53 Å². The van der Waals surface area contributed by atoms with Crippen LogP contribution in [0, 0.1) is 6.92 Å². The third-order valence-electron chi connectivity index (χ3n) is 2.59. The van der Waals surface area contributed by atoms with Crippen LogP contribution in [0.25, 0.3) is 0 Å². The van der Waals surface area contributed by atoms with Gasteiger partial charge in [0.2, 0.25) is 0 Å². The van der Waals surface area contributed by atoms with Gasteiger partial charge >= 0.3 is 0 Å². The molecule has 1 saturated heterocycles. The molecule has 4 heteroatoms. The van der Waals surface area contributed by atoms with E-state index in [-0.39, 0.29) is 12.5 Å². The second kappa shape index (κ2) is 4.99. The summed E-state index contributed by atoms with van der Waals surface area (Å²) < 4.78 is 5.32. The summed E-state index contributed by atoms with van der Waals surface area (Å²) in [7, 11) is 0. The molecule has 1 fully saturated rings. The van der Waals surface area contributed by atoms with Crippen LogP contribution >= 0.6 is 0 Å². The minimum Gasteiger partial charge on any atom is -0.454 e. The molecule has 0 unspecified atom stereocenters. The number of rotatable bonds is 3. The molecule has 1 heterocycles. The number of aliphatic imine (C=N–C) groups is 1. The van der Waals surface area contributed by atoms with E-state index in [0.29, 0.717) is 12.6 Å². The Balaban J connectivity index is 2.34. The number of nitrogens with zero attached hydrogens (tertiary/aromatic N) is 2. The Morgan fingerprint density at radius 1 is 1.41 bits per heavy atom. The largest absolute Gasteiger partial charge is 0.454 e. The summed E-state index contributed by atoms with van der Waals surface area (Å²) in [6, 6.07) is 8.15. The summed E-state index contributed by atoms with van der Waals surface area (Å²) in [5, 5.41) is 0. The van der Waals surface area contributed by atoms with E-state index in [0.717, 1.165) is 17.7 Å². The van der Waals surface area contributed by atoms with E-state index in [9.17, 15) is 4.79 Å². The normalized spacial score (nSPS) is 17.6. The standard InChI is InChI=1S/C13H16N2O2/c1-3-8-14-13-15(12(16)9-17-13)11-7-5-4-6-10(11)2/h4-7H,3,8-9H2,1-2H3/b14-13-. The Bertz CT molecular complexity index is 454. The van der Waals surface area contributed by atoms with Crippen LogP contribution in [0.15, 0.2) is 29.3 Å². The first-order valence-corrected chi connectivity index (χ1v) is 5.80. The van der Waals surface area contributed by atoms with E-state index in [1.54, 1.807) is 4.90 Å². The number of para-hydroxylation sites is 1. The smallest absolute Gasteiger partial charge is 0.299 e. The molecule has 17 heavy (non-hydrogen) atoms. The molecule has 4 nitrogen and oxygen atoms in total. The van der Waals surface area contributed by atoms with Gasteiger partial charge in [0.1, 0.15) is 0 Å². The average Bonchev–Trinajstić information content (AvgIpc) is 2.69. The van der Waals surface area contributed by atoms with Gasteiger partial charge in [-0.25, -0.2) is 9.89 Å². The highest BCUT2D eigenvalue weighted by Crippen LogP contribution is 2.23. The highest BCUT2D eigenvalue weighted by atomic mass is 16.5.